The van der Waals surface area contributed by atoms with E-state index in [1.165, 1.54) is 4.90 Å². The molecule has 0 amide bonds. The number of hydrogen-bond acceptors (Lipinski definition) is 3. The summed E-state index contributed by atoms with van der Waals surface area (Å²) in [5, 5.41) is 0. The first-order chi connectivity index (χ1) is 9.81. The van der Waals surface area contributed by atoms with Crippen LogP contribution in [0, 0.1) is 0 Å². The lowest BCUT2D eigenvalue weighted by Crippen LogP contribution is -2.27. The molecule has 2 rings (SSSR count). The average molecular weight is 286 g/mol. The van der Waals surface area contributed by atoms with Gasteiger partial charge in [-0.15, -0.1) is 11.8 Å². The van der Waals surface area contributed by atoms with Crippen LogP contribution in [0.5, 0.6) is 0 Å². The summed E-state index contributed by atoms with van der Waals surface area (Å²) < 4.78 is 0. The maximum Gasteiger partial charge on any atom is 0.0600 e. The number of nitrogen functional groups attached to an aromatic ring is 1. The quantitative estimate of drug-likeness (QED) is 0.608. The van der Waals surface area contributed by atoms with Crippen molar-refractivity contribution in [3.05, 3.63) is 54.6 Å². The predicted molar refractivity (Wildman–Crippen MR) is 90.5 cm³/mol. The van der Waals surface area contributed by atoms with Gasteiger partial charge in [0.1, 0.15) is 0 Å². The number of para-hydroxylation sites is 2. The van der Waals surface area contributed by atoms with E-state index < -0.39 is 0 Å². The Bertz CT molecular complexity index is 513. The molecule has 0 saturated carbocycles. The number of nitrogens with zero attached hydrogens (tertiary/aromatic N) is 1. The van der Waals surface area contributed by atoms with Crippen molar-refractivity contribution in [2.75, 3.05) is 29.5 Å². The van der Waals surface area contributed by atoms with Crippen molar-refractivity contribution < 1.29 is 0 Å². The summed E-state index contributed by atoms with van der Waals surface area (Å²) >= 11 is 1.89. The number of thioether (sulfide) groups is 1. The van der Waals surface area contributed by atoms with E-state index in [2.05, 4.69) is 54.3 Å². The van der Waals surface area contributed by atoms with Gasteiger partial charge in [-0.05, 0) is 30.7 Å². The molecule has 0 fully saturated rings. The molecule has 2 aromatic rings. The van der Waals surface area contributed by atoms with Gasteiger partial charge < -0.3 is 10.6 Å². The predicted octanol–water partition coefficient (Wildman–Crippen LogP) is 4.28. The molecule has 0 aliphatic carbocycles. The third-order valence-corrected chi connectivity index (χ3v) is 4.14. The third kappa shape index (κ3) is 4.20. The first-order valence-corrected chi connectivity index (χ1v) is 8.07. The van der Waals surface area contributed by atoms with E-state index in [1.54, 1.807) is 0 Å². The van der Waals surface area contributed by atoms with E-state index in [-0.39, 0.29) is 0 Å². The van der Waals surface area contributed by atoms with Crippen LogP contribution >= 0.6 is 11.8 Å². The molecule has 0 atom stereocenters. The Morgan fingerprint density at radius 3 is 2.35 bits per heavy atom. The van der Waals surface area contributed by atoms with Crippen LogP contribution in [-0.4, -0.2) is 18.8 Å². The number of rotatable bonds is 7. The van der Waals surface area contributed by atoms with Crippen LogP contribution in [0.1, 0.15) is 13.3 Å². The van der Waals surface area contributed by atoms with Crippen LogP contribution in [0.3, 0.4) is 0 Å². The first kappa shape index (κ1) is 14.8. The molecule has 2 N–H and O–H groups in total. The molecule has 0 heterocycles. The molecule has 0 spiro atoms. The fraction of sp³-hybridized carbons (Fsp3) is 0.294. The van der Waals surface area contributed by atoms with Crippen molar-refractivity contribution in [3.8, 4) is 0 Å². The van der Waals surface area contributed by atoms with Gasteiger partial charge in [-0.1, -0.05) is 37.3 Å². The van der Waals surface area contributed by atoms with Gasteiger partial charge >= 0.3 is 0 Å². The maximum absolute atomic E-state index is 6.09. The van der Waals surface area contributed by atoms with Gasteiger partial charge in [-0.3, -0.25) is 0 Å². The summed E-state index contributed by atoms with van der Waals surface area (Å²) in [6, 6.07) is 18.7. The normalized spacial score (nSPS) is 10.4. The molecular weight excluding hydrogens is 264 g/mol. The summed E-state index contributed by atoms with van der Waals surface area (Å²) in [5.74, 6) is 1.07. The maximum atomic E-state index is 6.09. The average Bonchev–Trinajstić information content (AvgIpc) is 2.48. The smallest absolute Gasteiger partial charge is 0.0600 e. The molecule has 0 unspecified atom stereocenters. The summed E-state index contributed by atoms with van der Waals surface area (Å²) in [5.41, 5.74) is 8.11. The van der Waals surface area contributed by atoms with E-state index in [4.69, 9.17) is 5.73 Å². The highest BCUT2D eigenvalue weighted by atomic mass is 32.2. The van der Waals surface area contributed by atoms with Gasteiger partial charge in [-0.2, -0.15) is 0 Å². The fourth-order valence-corrected chi connectivity index (χ4v) is 3.09. The molecule has 0 bridgehead atoms. The number of anilines is 2. The Hall–Kier alpha value is -1.61. The largest absolute Gasteiger partial charge is 0.397 e. The lowest BCUT2D eigenvalue weighted by Gasteiger charge is -2.25. The van der Waals surface area contributed by atoms with Gasteiger partial charge in [0.25, 0.3) is 0 Å². The van der Waals surface area contributed by atoms with Crippen LogP contribution in [0.2, 0.25) is 0 Å². The SMILES string of the molecule is CCCN(CCSc1ccccc1)c1ccccc1N. The number of nitrogens with two attached hydrogens (primary N) is 1. The topological polar surface area (TPSA) is 29.3 Å². The van der Waals surface area contributed by atoms with Gasteiger partial charge in [0.15, 0.2) is 0 Å². The van der Waals surface area contributed by atoms with Gasteiger partial charge in [0, 0.05) is 23.7 Å². The van der Waals surface area contributed by atoms with Crippen molar-refractivity contribution in [1.82, 2.24) is 0 Å². The highest BCUT2D eigenvalue weighted by Gasteiger charge is 2.08. The zero-order valence-corrected chi connectivity index (χ0v) is 12.8. The minimum absolute atomic E-state index is 0.866. The Morgan fingerprint density at radius 2 is 1.65 bits per heavy atom. The van der Waals surface area contributed by atoms with E-state index in [9.17, 15) is 0 Å². The lowest BCUT2D eigenvalue weighted by molar-refractivity contribution is 0.797. The molecule has 3 heteroatoms. The van der Waals surface area contributed by atoms with Gasteiger partial charge in [-0.25, -0.2) is 0 Å². The summed E-state index contributed by atoms with van der Waals surface area (Å²) in [6.45, 7) is 4.27. The van der Waals surface area contributed by atoms with Crippen LogP contribution in [0.15, 0.2) is 59.5 Å². The monoisotopic (exact) mass is 286 g/mol. The third-order valence-electron chi connectivity index (χ3n) is 3.14. The fourth-order valence-electron chi connectivity index (χ4n) is 2.19. The van der Waals surface area contributed by atoms with Crippen LogP contribution < -0.4 is 10.6 Å². The Morgan fingerprint density at radius 1 is 0.950 bits per heavy atom. The van der Waals surface area contributed by atoms with Gasteiger partial charge in [0.2, 0.25) is 0 Å². The van der Waals surface area contributed by atoms with E-state index in [0.29, 0.717) is 0 Å². The lowest BCUT2D eigenvalue weighted by atomic mass is 10.2. The second-order valence-corrected chi connectivity index (χ2v) is 5.88. The second kappa shape index (κ2) is 7.85. The van der Waals surface area contributed by atoms with Crippen LogP contribution in [0.25, 0.3) is 0 Å². The minimum Gasteiger partial charge on any atom is -0.397 e. The molecule has 20 heavy (non-hydrogen) atoms. The Labute approximate surface area is 126 Å². The van der Waals surface area contributed by atoms with Crippen molar-refractivity contribution in [2.24, 2.45) is 0 Å². The molecular formula is C17H22N2S. The Kier molecular flexibility index (Phi) is 5.81. The summed E-state index contributed by atoms with van der Waals surface area (Å²) in [6.07, 6.45) is 1.13. The first-order valence-electron chi connectivity index (χ1n) is 7.08. The molecule has 0 aromatic heterocycles. The van der Waals surface area contributed by atoms with Crippen LogP contribution in [0.4, 0.5) is 11.4 Å². The van der Waals surface area contributed by atoms with Crippen LogP contribution in [-0.2, 0) is 0 Å². The zero-order valence-electron chi connectivity index (χ0n) is 12.0. The number of hydrogen-bond donors (Lipinski definition) is 1. The summed E-state index contributed by atoms with van der Waals surface area (Å²) in [7, 11) is 0. The van der Waals surface area contributed by atoms with E-state index >= 15 is 0 Å². The highest BCUT2D eigenvalue weighted by molar-refractivity contribution is 7.99. The number of benzene rings is 2. The summed E-state index contributed by atoms with van der Waals surface area (Å²) in [4.78, 5) is 3.70. The van der Waals surface area contributed by atoms with Gasteiger partial charge in [0.05, 0.1) is 11.4 Å². The molecule has 0 radical (unpaired) electrons. The molecule has 0 aliphatic rings. The van der Waals surface area contributed by atoms with Crippen molar-refractivity contribution in [1.29, 1.82) is 0 Å². The van der Waals surface area contributed by atoms with Crippen molar-refractivity contribution >= 4 is 23.1 Å². The Balaban J connectivity index is 1.95. The second-order valence-electron chi connectivity index (χ2n) is 4.71. The standard InChI is InChI=1S/C17H22N2S/c1-2-12-19(17-11-7-6-10-16(17)18)13-14-20-15-8-4-3-5-9-15/h3-11H,2,12-14,18H2,1H3. The van der Waals surface area contributed by atoms with Crippen molar-refractivity contribution in [3.63, 3.8) is 0 Å². The molecule has 106 valence electrons. The molecule has 0 aliphatic heterocycles. The van der Waals surface area contributed by atoms with Crippen molar-refractivity contribution in [2.45, 2.75) is 18.2 Å². The molecule has 0 saturated heterocycles. The molecule has 2 nitrogen and oxygen atoms in total. The zero-order chi connectivity index (χ0) is 14.2. The minimum atomic E-state index is 0.866. The van der Waals surface area contributed by atoms with E-state index in [1.807, 2.05) is 23.9 Å². The van der Waals surface area contributed by atoms with E-state index in [0.717, 1.165) is 36.6 Å². The highest BCUT2D eigenvalue weighted by Crippen LogP contribution is 2.24. The molecule has 2 aromatic carbocycles.